The number of hydrogen-bond acceptors (Lipinski definition) is 7. The molecule has 11 atom stereocenters. The van der Waals surface area contributed by atoms with Crippen LogP contribution in [0.5, 0.6) is 0 Å². The van der Waals surface area contributed by atoms with Gasteiger partial charge in [-0.15, -0.1) is 0 Å². The van der Waals surface area contributed by atoms with E-state index in [1.165, 1.54) is 122 Å². The van der Waals surface area contributed by atoms with Gasteiger partial charge in [-0.25, -0.2) is 0 Å². The summed E-state index contributed by atoms with van der Waals surface area (Å²) in [6.07, 6.45) is 29.1. The van der Waals surface area contributed by atoms with E-state index in [1.54, 1.807) is 0 Å². The molecular formula is C45H88N4O3. The SMILES string of the molecule is CCCCCCCCCCCCNCCCC(C)C1CC[C@H]2C3[C@H](OCCCN)CC4C[C@H](OCCCN)CCC4(C)[C@H]3C[C@H](OCCCN)C12C. The molecule has 0 saturated heterocycles. The highest BCUT2D eigenvalue weighted by molar-refractivity contribution is 5.15. The fourth-order valence-electron chi connectivity index (χ4n) is 12.2. The Bertz CT molecular complexity index is 940. The molecule has 6 unspecified atom stereocenters. The number of fused-ring (bicyclic) bond motifs is 5. The fourth-order valence-corrected chi connectivity index (χ4v) is 12.2. The lowest BCUT2D eigenvalue weighted by molar-refractivity contribution is -0.227. The van der Waals surface area contributed by atoms with E-state index >= 15 is 0 Å². The van der Waals surface area contributed by atoms with Crippen LogP contribution >= 0.6 is 0 Å². The Morgan fingerprint density at radius 1 is 0.654 bits per heavy atom. The summed E-state index contributed by atoms with van der Waals surface area (Å²) in [7, 11) is 0. The van der Waals surface area contributed by atoms with Crippen molar-refractivity contribution >= 4 is 0 Å². The van der Waals surface area contributed by atoms with Crippen molar-refractivity contribution in [3.63, 3.8) is 0 Å². The summed E-state index contributed by atoms with van der Waals surface area (Å²) in [6, 6.07) is 0. The molecule has 4 fully saturated rings. The van der Waals surface area contributed by atoms with Crippen LogP contribution in [0, 0.1) is 46.3 Å². The van der Waals surface area contributed by atoms with Gasteiger partial charge in [0.15, 0.2) is 0 Å². The molecule has 52 heavy (non-hydrogen) atoms. The van der Waals surface area contributed by atoms with Crippen molar-refractivity contribution in [2.45, 2.75) is 187 Å². The molecule has 4 aliphatic carbocycles. The highest BCUT2D eigenvalue weighted by Gasteiger charge is 2.66. The second kappa shape index (κ2) is 23.7. The predicted molar refractivity (Wildman–Crippen MR) is 219 cm³/mol. The molecule has 0 aromatic rings. The number of nitrogens with two attached hydrogens (primary N) is 3. The maximum Gasteiger partial charge on any atom is 0.0637 e. The van der Waals surface area contributed by atoms with Gasteiger partial charge in [0.25, 0.3) is 0 Å². The largest absolute Gasteiger partial charge is 0.378 e. The Balaban J connectivity index is 1.36. The first kappa shape index (κ1) is 44.4. The molecule has 4 rings (SSSR count). The van der Waals surface area contributed by atoms with Gasteiger partial charge in [0.05, 0.1) is 18.3 Å². The minimum Gasteiger partial charge on any atom is -0.378 e. The predicted octanol–water partition coefficient (Wildman–Crippen LogP) is 8.99. The van der Waals surface area contributed by atoms with Gasteiger partial charge < -0.3 is 36.7 Å². The average Bonchev–Trinajstić information content (AvgIpc) is 3.50. The monoisotopic (exact) mass is 733 g/mol. The van der Waals surface area contributed by atoms with E-state index in [-0.39, 0.29) is 5.41 Å². The van der Waals surface area contributed by atoms with Gasteiger partial charge in [-0.05, 0) is 157 Å². The maximum atomic E-state index is 7.06. The van der Waals surface area contributed by atoms with Gasteiger partial charge in [-0.2, -0.15) is 0 Å². The summed E-state index contributed by atoms with van der Waals surface area (Å²) in [6.45, 7) is 17.0. The van der Waals surface area contributed by atoms with Crippen LogP contribution in [0.4, 0.5) is 0 Å². The highest BCUT2D eigenvalue weighted by atomic mass is 16.5. The zero-order valence-corrected chi connectivity index (χ0v) is 34.9. The molecule has 0 aliphatic heterocycles. The quantitative estimate of drug-likeness (QED) is 0.0594. The third-order valence-electron chi connectivity index (χ3n) is 15.2. The second-order valence-corrected chi connectivity index (χ2v) is 18.5. The van der Waals surface area contributed by atoms with Gasteiger partial charge in [0.2, 0.25) is 0 Å². The summed E-state index contributed by atoms with van der Waals surface area (Å²) >= 11 is 0. The Kier molecular flexibility index (Phi) is 20.3. The molecule has 7 N–H and O–H groups in total. The van der Waals surface area contributed by atoms with Crippen molar-refractivity contribution in [3.8, 4) is 0 Å². The topological polar surface area (TPSA) is 118 Å². The third-order valence-corrected chi connectivity index (χ3v) is 15.2. The van der Waals surface area contributed by atoms with Crippen molar-refractivity contribution in [1.29, 1.82) is 0 Å². The van der Waals surface area contributed by atoms with Gasteiger partial charge in [-0.1, -0.05) is 85.5 Å². The Labute approximate surface area is 322 Å². The van der Waals surface area contributed by atoms with Crippen LogP contribution in [0.2, 0.25) is 0 Å². The van der Waals surface area contributed by atoms with Crippen molar-refractivity contribution in [1.82, 2.24) is 5.32 Å². The normalized spacial score (nSPS) is 34.9. The van der Waals surface area contributed by atoms with Gasteiger partial charge in [-0.3, -0.25) is 0 Å². The van der Waals surface area contributed by atoms with Crippen molar-refractivity contribution in [2.24, 2.45) is 63.5 Å². The van der Waals surface area contributed by atoms with E-state index in [4.69, 9.17) is 31.4 Å². The van der Waals surface area contributed by atoms with Crippen LogP contribution in [0.15, 0.2) is 0 Å². The molecule has 0 aromatic heterocycles. The molecule has 4 saturated carbocycles. The highest BCUT2D eigenvalue weighted by Crippen LogP contribution is 2.69. The van der Waals surface area contributed by atoms with Crippen LogP contribution in [0.1, 0.15) is 169 Å². The number of unbranched alkanes of at least 4 members (excludes halogenated alkanes) is 9. The first-order valence-corrected chi connectivity index (χ1v) is 23.0. The van der Waals surface area contributed by atoms with Crippen molar-refractivity contribution in [3.05, 3.63) is 0 Å². The van der Waals surface area contributed by atoms with E-state index < -0.39 is 0 Å². The van der Waals surface area contributed by atoms with Crippen LogP contribution in [0.3, 0.4) is 0 Å². The minimum atomic E-state index is 0.180. The minimum absolute atomic E-state index is 0.180. The first-order chi connectivity index (χ1) is 25.3. The van der Waals surface area contributed by atoms with E-state index in [9.17, 15) is 0 Å². The zero-order chi connectivity index (χ0) is 37.2. The molecule has 7 nitrogen and oxygen atoms in total. The first-order valence-electron chi connectivity index (χ1n) is 23.0. The lowest BCUT2D eigenvalue weighted by Crippen LogP contribution is -2.63. The molecule has 0 bridgehead atoms. The molecule has 306 valence electrons. The van der Waals surface area contributed by atoms with E-state index in [0.29, 0.717) is 78.9 Å². The molecule has 0 heterocycles. The molecule has 0 amide bonds. The fraction of sp³-hybridized carbons (Fsp3) is 1.00. The molecule has 7 heteroatoms. The number of ether oxygens (including phenoxy) is 3. The van der Waals surface area contributed by atoms with Gasteiger partial charge in [0, 0.05) is 25.2 Å². The summed E-state index contributed by atoms with van der Waals surface area (Å²) in [4.78, 5) is 0. The molecular weight excluding hydrogens is 645 g/mol. The third kappa shape index (κ3) is 11.9. The lowest BCUT2D eigenvalue weighted by Gasteiger charge is -2.65. The average molecular weight is 733 g/mol. The number of nitrogens with one attached hydrogen (secondary N) is 1. The molecule has 0 radical (unpaired) electrons. The number of rotatable bonds is 28. The Morgan fingerprint density at radius 3 is 1.94 bits per heavy atom. The second-order valence-electron chi connectivity index (χ2n) is 18.5. The van der Waals surface area contributed by atoms with E-state index in [2.05, 4.69) is 33.0 Å². The summed E-state index contributed by atoms with van der Waals surface area (Å²) in [5, 5.41) is 3.80. The van der Waals surface area contributed by atoms with Crippen LogP contribution in [-0.4, -0.2) is 70.9 Å². The standard InChI is InChI=1S/C45H88N4O3/c1-5-6-7-8-9-10-11-12-13-14-27-49-28-15-19-35(2)38-20-21-39-43-40(34-42(45(38,39)4)52-31-18-26-48)44(3)23-22-37(50-29-16-24-46)32-36(44)33-41(43)51-30-17-25-47/h35-43,49H,5-34,46-48H2,1-4H3/t35?,36?,37-,38?,39+,40+,41-,42+,43?,44?,45?/m1/s1. The van der Waals surface area contributed by atoms with Crippen molar-refractivity contribution in [2.75, 3.05) is 52.5 Å². The van der Waals surface area contributed by atoms with Crippen LogP contribution < -0.4 is 22.5 Å². The van der Waals surface area contributed by atoms with Crippen LogP contribution in [-0.2, 0) is 14.2 Å². The Hall–Kier alpha value is -0.280. The zero-order valence-electron chi connectivity index (χ0n) is 34.9. The van der Waals surface area contributed by atoms with Crippen LogP contribution in [0.25, 0.3) is 0 Å². The molecule has 0 aromatic carbocycles. The summed E-state index contributed by atoms with van der Waals surface area (Å²) in [5.41, 5.74) is 18.3. The molecule has 0 spiro atoms. The number of hydrogen-bond donors (Lipinski definition) is 4. The lowest BCUT2D eigenvalue weighted by atomic mass is 9.43. The van der Waals surface area contributed by atoms with Crippen molar-refractivity contribution < 1.29 is 14.2 Å². The summed E-state index contributed by atoms with van der Waals surface area (Å²) < 4.78 is 20.4. The van der Waals surface area contributed by atoms with Gasteiger partial charge >= 0.3 is 0 Å². The van der Waals surface area contributed by atoms with Gasteiger partial charge in [0.1, 0.15) is 0 Å². The molecule has 4 aliphatic rings. The van der Waals surface area contributed by atoms with E-state index in [1.807, 2.05) is 0 Å². The maximum absolute atomic E-state index is 7.06. The van der Waals surface area contributed by atoms with E-state index in [0.717, 1.165) is 52.0 Å². The smallest absolute Gasteiger partial charge is 0.0637 e. The Morgan fingerprint density at radius 2 is 1.27 bits per heavy atom. The summed E-state index contributed by atoms with van der Waals surface area (Å²) in [5.74, 6) is 3.92.